The SMILES string of the molecule is [C-]#[N+]c1cccc(Oc2c(F)cc3[nH]ccc3c2SC)c1. The van der Waals surface area contributed by atoms with Gasteiger partial charge in [0.25, 0.3) is 0 Å². The largest absolute Gasteiger partial charge is 0.454 e. The Morgan fingerprint density at radius 3 is 2.90 bits per heavy atom. The summed E-state index contributed by atoms with van der Waals surface area (Å²) in [6.07, 6.45) is 3.65. The number of aromatic amines is 1. The van der Waals surface area contributed by atoms with Crippen LogP contribution in [0.2, 0.25) is 0 Å². The normalized spacial score (nSPS) is 10.5. The van der Waals surface area contributed by atoms with E-state index in [-0.39, 0.29) is 5.75 Å². The number of benzene rings is 2. The van der Waals surface area contributed by atoms with Gasteiger partial charge in [0.1, 0.15) is 5.75 Å². The summed E-state index contributed by atoms with van der Waals surface area (Å²) in [6.45, 7) is 7.01. The molecule has 0 amide bonds. The molecule has 0 atom stereocenters. The topological polar surface area (TPSA) is 29.4 Å². The third-order valence-corrected chi connectivity index (χ3v) is 3.90. The minimum absolute atomic E-state index is 0.191. The molecule has 1 heterocycles. The van der Waals surface area contributed by atoms with Crippen LogP contribution in [0.25, 0.3) is 15.7 Å². The number of aromatic nitrogens is 1. The highest BCUT2D eigenvalue weighted by Gasteiger charge is 2.16. The molecule has 3 rings (SSSR count). The number of nitrogens with one attached hydrogen (secondary N) is 1. The molecule has 0 fully saturated rings. The Bertz CT molecular complexity index is 851. The van der Waals surface area contributed by atoms with Crippen molar-refractivity contribution in [2.75, 3.05) is 6.26 Å². The van der Waals surface area contributed by atoms with Crippen LogP contribution >= 0.6 is 11.8 Å². The second kappa shape index (κ2) is 5.51. The Hall–Kier alpha value is -2.45. The van der Waals surface area contributed by atoms with E-state index in [1.165, 1.54) is 17.8 Å². The van der Waals surface area contributed by atoms with Crippen LogP contribution in [0.3, 0.4) is 0 Å². The standard InChI is InChI=1S/C16H11FN2OS/c1-18-10-4-3-5-11(8-10)20-15-13(17)9-14-12(6-7-19-14)16(15)21-2/h3-9,19H,2H3. The zero-order chi connectivity index (χ0) is 14.8. The van der Waals surface area contributed by atoms with Crippen LogP contribution in [0.5, 0.6) is 11.5 Å². The lowest BCUT2D eigenvalue weighted by Gasteiger charge is -2.12. The van der Waals surface area contributed by atoms with Gasteiger partial charge in [0.2, 0.25) is 0 Å². The molecule has 1 N–H and O–H groups in total. The molecule has 1 aromatic heterocycles. The van der Waals surface area contributed by atoms with Crippen LogP contribution in [0, 0.1) is 12.4 Å². The fraction of sp³-hybridized carbons (Fsp3) is 0.0625. The van der Waals surface area contributed by atoms with Crippen LogP contribution in [0.1, 0.15) is 0 Å². The van der Waals surface area contributed by atoms with E-state index in [1.54, 1.807) is 30.5 Å². The molecule has 0 aliphatic carbocycles. The van der Waals surface area contributed by atoms with Gasteiger partial charge < -0.3 is 9.72 Å². The summed E-state index contributed by atoms with van der Waals surface area (Å²) in [6, 6.07) is 10.0. The lowest BCUT2D eigenvalue weighted by atomic mass is 10.2. The number of halogens is 1. The molecule has 0 unspecified atom stereocenters. The van der Waals surface area contributed by atoms with Crippen LogP contribution in [-0.4, -0.2) is 11.2 Å². The molecule has 0 saturated heterocycles. The summed E-state index contributed by atoms with van der Waals surface area (Å²) in [7, 11) is 0. The first kappa shape index (κ1) is 13.5. The van der Waals surface area contributed by atoms with Crippen LogP contribution in [-0.2, 0) is 0 Å². The predicted octanol–water partition coefficient (Wildman–Crippen LogP) is 5.37. The van der Waals surface area contributed by atoms with Gasteiger partial charge in [0, 0.05) is 23.2 Å². The maximum atomic E-state index is 14.3. The molecule has 5 heteroatoms. The lowest BCUT2D eigenvalue weighted by molar-refractivity contribution is 0.433. The first-order valence-corrected chi connectivity index (χ1v) is 7.44. The van der Waals surface area contributed by atoms with Gasteiger partial charge in [-0.15, -0.1) is 11.8 Å². The first-order valence-electron chi connectivity index (χ1n) is 6.22. The highest BCUT2D eigenvalue weighted by molar-refractivity contribution is 7.99. The van der Waals surface area contributed by atoms with E-state index in [9.17, 15) is 4.39 Å². The molecular weight excluding hydrogens is 287 g/mol. The fourth-order valence-electron chi connectivity index (χ4n) is 2.15. The molecule has 21 heavy (non-hydrogen) atoms. The molecule has 2 aromatic carbocycles. The Balaban J connectivity index is 2.11. The summed E-state index contributed by atoms with van der Waals surface area (Å²) in [5.74, 6) is 0.215. The Morgan fingerprint density at radius 2 is 2.14 bits per heavy atom. The second-order valence-electron chi connectivity index (χ2n) is 4.37. The van der Waals surface area contributed by atoms with Crippen LogP contribution in [0.15, 0.2) is 47.5 Å². The molecule has 104 valence electrons. The van der Waals surface area contributed by atoms with Crippen molar-refractivity contribution in [2.24, 2.45) is 0 Å². The van der Waals surface area contributed by atoms with Crippen molar-refractivity contribution >= 4 is 28.4 Å². The number of nitrogens with zero attached hydrogens (tertiary/aromatic N) is 1. The van der Waals surface area contributed by atoms with Crippen molar-refractivity contribution < 1.29 is 9.13 Å². The minimum Gasteiger partial charge on any atom is -0.454 e. The summed E-state index contributed by atoms with van der Waals surface area (Å²) in [5.41, 5.74) is 1.19. The van der Waals surface area contributed by atoms with Crippen LogP contribution < -0.4 is 4.74 Å². The van der Waals surface area contributed by atoms with Crippen molar-refractivity contribution in [3.8, 4) is 11.5 Å². The summed E-state index contributed by atoms with van der Waals surface area (Å²) < 4.78 is 20.0. The molecule has 3 nitrogen and oxygen atoms in total. The zero-order valence-corrected chi connectivity index (χ0v) is 12.0. The van der Waals surface area contributed by atoms with E-state index in [0.717, 1.165) is 15.8 Å². The van der Waals surface area contributed by atoms with Crippen molar-refractivity contribution in [1.82, 2.24) is 4.98 Å². The number of H-pyrrole nitrogens is 1. The van der Waals surface area contributed by atoms with E-state index in [4.69, 9.17) is 11.3 Å². The Kier molecular flexibility index (Phi) is 3.55. The fourth-order valence-corrected chi connectivity index (χ4v) is 2.88. The van der Waals surface area contributed by atoms with Crippen LogP contribution in [0.4, 0.5) is 10.1 Å². The molecule has 0 bridgehead atoms. The van der Waals surface area contributed by atoms with Crippen molar-refractivity contribution in [3.05, 3.63) is 59.8 Å². The second-order valence-corrected chi connectivity index (χ2v) is 5.19. The predicted molar refractivity (Wildman–Crippen MR) is 82.8 cm³/mol. The zero-order valence-electron chi connectivity index (χ0n) is 11.2. The monoisotopic (exact) mass is 298 g/mol. The Labute approximate surface area is 125 Å². The maximum Gasteiger partial charge on any atom is 0.190 e. The van der Waals surface area contributed by atoms with Crippen molar-refractivity contribution in [3.63, 3.8) is 0 Å². The number of fused-ring (bicyclic) bond motifs is 1. The minimum atomic E-state index is -0.428. The highest BCUT2D eigenvalue weighted by atomic mass is 32.2. The number of hydrogen-bond donors (Lipinski definition) is 1. The highest BCUT2D eigenvalue weighted by Crippen LogP contribution is 2.40. The molecule has 0 radical (unpaired) electrons. The van der Waals surface area contributed by atoms with Gasteiger partial charge in [-0.1, -0.05) is 12.1 Å². The average molecular weight is 298 g/mol. The molecule has 0 saturated carbocycles. The third-order valence-electron chi connectivity index (χ3n) is 3.09. The van der Waals surface area contributed by atoms with E-state index in [1.807, 2.05) is 12.3 Å². The Morgan fingerprint density at radius 1 is 1.29 bits per heavy atom. The van der Waals surface area contributed by atoms with Gasteiger partial charge in [0.05, 0.1) is 11.5 Å². The van der Waals surface area contributed by atoms with Gasteiger partial charge in [-0.3, -0.25) is 0 Å². The molecule has 0 spiro atoms. The molecule has 0 aliphatic rings. The summed E-state index contributed by atoms with van der Waals surface area (Å²) >= 11 is 1.43. The van der Waals surface area contributed by atoms with Crippen molar-refractivity contribution in [2.45, 2.75) is 4.90 Å². The quantitative estimate of drug-likeness (QED) is 0.520. The first-order chi connectivity index (χ1) is 10.2. The van der Waals surface area contributed by atoms with Gasteiger partial charge >= 0.3 is 0 Å². The summed E-state index contributed by atoms with van der Waals surface area (Å²) in [5, 5.41) is 0.917. The van der Waals surface area contributed by atoms with Gasteiger partial charge in [-0.05, 0) is 24.5 Å². The molecule has 0 aliphatic heterocycles. The third kappa shape index (κ3) is 2.46. The molecule has 3 aromatic rings. The maximum absolute atomic E-state index is 14.3. The van der Waals surface area contributed by atoms with E-state index < -0.39 is 5.82 Å². The summed E-state index contributed by atoms with van der Waals surface area (Å²) in [4.78, 5) is 7.08. The van der Waals surface area contributed by atoms with E-state index in [0.29, 0.717) is 11.4 Å². The van der Waals surface area contributed by atoms with Gasteiger partial charge in [0.15, 0.2) is 17.3 Å². The smallest absolute Gasteiger partial charge is 0.190 e. The number of rotatable bonds is 3. The van der Waals surface area contributed by atoms with Gasteiger partial charge in [-0.2, -0.15) is 0 Å². The van der Waals surface area contributed by atoms with E-state index in [2.05, 4.69) is 9.83 Å². The number of ether oxygens (including phenoxy) is 1. The average Bonchev–Trinajstić information content (AvgIpc) is 2.96. The molecular formula is C16H11FN2OS. The van der Waals surface area contributed by atoms with Crippen molar-refractivity contribution in [1.29, 1.82) is 0 Å². The number of hydrogen-bond acceptors (Lipinski definition) is 2. The lowest BCUT2D eigenvalue weighted by Crippen LogP contribution is -1.92. The van der Waals surface area contributed by atoms with E-state index >= 15 is 0 Å². The number of thioether (sulfide) groups is 1. The van der Waals surface area contributed by atoms with Gasteiger partial charge in [-0.25, -0.2) is 9.24 Å².